The predicted octanol–water partition coefficient (Wildman–Crippen LogP) is 3.48. The first-order valence-corrected chi connectivity index (χ1v) is 7.49. The average Bonchev–Trinajstić information content (AvgIpc) is 3.06. The fourth-order valence-corrected chi connectivity index (χ4v) is 4.11. The van der Waals surface area contributed by atoms with Gasteiger partial charge in [0.25, 0.3) is 0 Å². The van der Waals surface area contributed by atoms with E-state index in [-0.39, 0.29) is 0 Å². The number of fused-ring (bicyclic) bond motifs is 5. The van der Waals surface area contributed by atoms with Gasteiger partial charge in [0, 0.05) is 0 Å². The first-order valence-electron chi connectivity index (χ1n) is 7.49. The molecule has 0 radical (unpaired) electrons. The van der Waals surface area contributed by atoms with Crippen LogP contribution in [0.3, 0.4) is 0 Å². The highest BCUT2D eigenvalue weighted by atomic mass is 16.7. The second-order valence-corrected chi connectivity index (χ2v) is 5.98. The van der Waals surface area contributed by atoms with Crippen LogP contribution < -0.4 is 0 Å². The molecule has 0 N–H and O–H groups in total. The zero-order valence-electron chi connectivity index (χ0n) is 11.9. The molecule has 0 aromatic carbocycles. The van der Waals surface area contributed by atoms with Crippen molar-refractivity contribution >= 4 is 0 Å². The molecule has 106 valence electrons. The van der Waals surface area contributed by atoms with Crippen molar-refractivity contribution in [3.8, 4) is 0 Å². The van der Waals surface area contributed by atoms with E-state index in [9.17, 15) is 0 Å². The van der Waals surface area contributed by atoms with Crippen molar-refractivity contribution in [1.82, 2.24) is 0 Å². The minimum absolute atomic E-state index is 0.345. The monoisotopic (exact) mass is 264 g/mol. The molecular weight excluding hydrogens is 240 g/mol. The lowest BCUT2D eigenvalue weighted by Gasteiger charge is -2.18. The molecule has 3 heteroatoms. The third-order valence-electron chi connectivity index (χ3n) is 4.86. The van der Waals surface area contributed by atoms with Crippen molar-refractivity contribution < 1.29 is 14.2 Å². The fraction of sp³-hybridized carbons (Fsp3) is 0.750. The van der Waals surface area contributed by atoms with E-state index in [2.05, 4.69) is 12.2 Å². The molecule has 0 amide bonds. The van der Waals surface area contributed by atoms with Crippen molar-refractivity contribution in [2.45, 2.75) is 39.2 Å². The third kappa shape index (κ3) is 2.66. The lowest BCUT2D eigenvalue weighted by Crippen LogP contribution is -2.12. The molecule has 4 unspecified atom stereocenters. The maximum absolute atomic E-state index is 5.84. The first kappa shape index (κ1) is 13.0. The smallest absolute Gasteiger partial charge is 0.188 e. The molecule has 0 saturated heterocycles. The second-order valence-electron chi connectivity index (χ2n) is 5.98. The summed E-state index contributed by atoms with van der Waals surface area (Å²) in [5.74, 6) is 4.23. The van der Waals surface area contributed by atoms with Crippen molar-refractivity contribution in [2.75, 3.05) is 13.4 Å². The van der Waals surface area contributed by atoms with E-state index in [0.29, 0.717) is 19.5 Å². The molecule has 2 saturated carbocycles. The Morgan fingerprint density at radius 1 is 1.16 bits per heavy atom. The SMILES string of the molecule is CCO/C(C)=C/OCOC1CC2C3C=CC(C3)C2C1. The second kappa shape index (κ2) is 5.58. The zero-order valence-corrected chi connectivity index (χ0v) is 11.9. The number of hydrogen-bond donors (Lipinski definition) is 0. The summed E-state index contributed by atoms with van der Waals surface area (Å²) in [5.41, 5.74) is 0. The van der Waals surface area contributed by atoms with Crippen LogP contribution in [-0.4, -0.2) is 19.5 Å². The molecule has 2 bridgehead atoms. The molecule has 0 spiro atoms. The van der Waals surface area contributed by atoms with Crippen molar-refractivity contribution in [3.63, 3.8) is 0 Å². The van der Waals surface area contributed by atoms with Gasteiger partial charge in [-0.1, -0.05) is 12.2 Å². The maximum atomic E-state index is 5.84. The molecular formula is C16H24O3. The van der Waals surface area contributed by atoms with Crippen LogP contribution in [0, 0.1) is 23.7 Å². The van der Waals surface area contributed by atoms with Gasteiger partial charge in [-0.2, -0.15) is 0 Å². The Morgan fingerprint density at radius 3 is 2.47 bits per heavy atom. The van der Waals surface area contributed by atoms with E-state index >= 15 is 0 Å². The summed E-state index contributed by atoms with van der Waals surface area (Å²) in [7, 11) is 0. The number of hydrogen-bond acceptors (Lipinski definition) is 3. The third-order valence-corrected chi connectivity index (χ3v) is 4.86. The van der Waals surface area contributed by atoms with E-state index in [1.807, 2.05) is 13.8 Å². The summed E-state index contributed by atoms with van der Waals surface area (Å²) in [6.07, 6.45) is 10.7. The molecule has 3 aliphatic rings. The van der Waals surface area contributed by atoms with E-state index < -0.39 is 0 Å². The molecule has 3 aliphatic carbocycles. The van der Waals surface area contributed by atoms with Gasteiger partial charge in [-0.3, -0.25) is 0 Å². The summed E-state index contributed by atoms with van der Waals surface area (Å²) in [6, 6.07) is 0. The minimum atomic E-state index is 0.345. The van der Waals surface area contributed by atoms with Crippen LogP contribution in [0.2, 0.25) is 0 Å². The lowest BCUT2D eigenvalue weighted by molar-refractivity contribution is -0.0594. The highest BCUT2D eigenvalue weighted by molar-refractivity contribution is 5.16. The topological polar surface area (TPSA) is 27.7 Å². The van der Waals surface area contributed by atoms with Gasteiger partial charge in [0.1, 0.15) is 12.0 Å². The van der Waals surface area contributed by atoms with Crippen LogP contribution in [0.15, 0.2) is 24.2 Å². The number of ether oxygens (including phenoxy) is 3. The Hall–Kier alpha value is -0.960. The molecule has 19 heavy (non-hydrogen) atoms. The average molecular weight is 264 g/mol. The Bertz CT molecular complexity index is 354. The molecule has 0 aliphatic heterocycles. The first-order chi connectivity index (χ1) is 9.28. The van der Waals surface area contributed by atoms with Crippen LogP contribution in [0.25, 0.3) is 0 Å². The van der Waals surface area contributed by atoms with Gasteiger partial charge >= 0.3 is 0 Å². The number of allylic oxidation sites excluding steroid dienone is 3. The predicted molar refractivity (Wildman–Crippen MR) is 73.2 cm³/mol. The van der Waals surface area contributed by atoms with Gasteiger partial charge < -0.3 is 14.2 Å². The van der Waals surface area contributed by atoms with Gasteiger partial charge in [0.15, 0.2) is 6.79 Å². The van der Waals surface area contributed by atoms with Crippen molar-refractivity contribution in [1.29, 1.82) is 0 Å². The molecule has 3 rings (SSSR count). The Balaban J connectivity index is 1.38. The highest BCUT2D eigenvalue weighted by Gasteiger charge is 2.49. The zero-order chi connectivity index (χ0) is 13.2. The van der Waals surface area contributed by atoms with Crippen molar-refractivity contribution in [3.05, 3.63) is 24.2 Å². The number of rotatable bonds is 6. The van der Waals surface area contributed by atoms with E-state index in [1.54, 1.807) is 6.26 Å². The molecule has 0 heterocycles. The molecule has 0 aromatic rings. The van der Waals surface area contributed by atoms with Crippen molar-refractivity contribution in [2.24, 2.45) is 23.7 Å². The van der Waals surface area contributed by atoms with Gasteiger partial charge in [-0.15, -0.1) is 0 Å². The van der Waals surface area contributed by atoms with Crippen LogP contribution in [0.4, 0.5) is 0 Å². The quantitative estimate of drug-likeness (QED) is 0.318. The standard InChI is InChI=1S/C16H24O3/c1-3-18-11(2)9-17-10-19-14-7-15-12-4-5-13(6-12)16(15)8-14/h4-5,9,12-16H,3,6-8,10H2,1-2H3/b11-9+. The summed E-state index contributed by atoms with van der Waals surface area (Å²) in [6.45, 7) is 4.88. The largest absolute Gasteiger partial charge is 0.495 e. The van der Waals surface area contributed by atoms with Gasteiger partial charge in [-0.05, 0) is 56.8 Å². The van der Waals surface area contributed by atoms with Crippen LogP contribution in [0.1, 0.15) is 33.1 Å². The van der Waals surface area contributed by atoms with Gasteiger partial charge in [0.2, 0.25) is 0 Å². The van der Waals surface area contributed by atoms with Crippen LogP contribution in [-0.2, 0) is 14.2 Å². The molecule has 0 aromatic heterocycles. The van der Waals surface area contributed by atoms with E-state index in [1.165, 1.54) is 19.3 Å². The summed E-state index contributed by atoms with van der Waals surface area (Å²) in [4.78, 5) is 0. The van der Waals surface area contributed by atoms with Gasteiger partial charge in [0.05, 0.1) is 12.7 Å². The summed E-state index contributed by atoms with van der Waals surface area (Å²) in [5, 5.41) is 0. The van der Waals surface area contributed by atoms with Gasteiger partial charge in [-0.25, -0.2) is 0 Å². The van der Waals surface area contributed by atoms with E-state index in [0.717, 1.165) is 29.4 Å². The lowest BCUT2D eigenvalue weighted by atomic mass is 9.86. The summed E-state index contributed by atoms with van der Waals surface area (Å²) < 4.78 is 16.5. The Kier molecular flexibility index (Phi) is 3.83. The van der Waals surface area contributed by atoms with E-state index in [4.69, 9.17) is 14.2 Å². The molecule has 2 fully saturated rings. The van der Waals surface area contributed by atoms with Crippen LogP contribution in [0.5, 0.6) is 0 Å². The highest BCUT2D eigenvalue weighted by Crippen LogP contribution is 2.55. The fourth-order valence-electron chi connectivity index (χ4n) is 4.11. The van der Waals surface area contributed by atoms with Crippen LogP contribution >= 0.6 is 0 Å². The normalized spacial score (nSPS) is 39.7. The summed E-state index contributed by atoms with van der Waals surface area (Å²) >= 11 is 0. The maximum Gasteiger partial charge on any atom is 0.188 e. The minimum Gasteiger partial charge on any atom is -0.495 e. The molecule has 3 nitrogen and oxygen atoms in total. The Labute approximate surface area is 115 Å². The Morgan fingerprint density at radius 2 is 1.84 bits per heavy atom. The molecule has 4 atom stereocenters.